The van der Waals surface area contributed by atoms with Crippen LogP contribution in [0.3, 0.4) is 0 Å². The average molecular weight is 442 g/mol. The van der Waals surface area contributed by atoms with Crippen molar-refractivity contribution in [3.8, 4) is 0 Å². The van der Waals surface area contributed by atoms with Gasteiger partial charge >= 0.3 is 13.1 Å². The summed E-state index contributed by atoms with van der Waals surface area (Å²) in [6.45, 7) is 2.42. The molecule has 0 spiro atoms. The number of nitrogens with two attached hydrogens (primary N) is 1. The van der Waals surface area contributed by atoms with Crippen molar-refractivity contribution in [3.05, 3.63) is 71.8 Å². The van der Waals surface area contributed by atoms with Crippen molar-refractivity contribution in [2.75, 3.05) is 19.9 Å². The second kappa shape index (κ2) is 14.0. The van der Waals surface area contributed by atoms with Crippen molar-refractivity contribution in [1.82, 2.24) is 15.5 Å². The van der Waals surface area contributed by atoms with Gasteiger partial charge in [-0.05, 0) is 23.9 Å². The van der Waals surface area contributed by atoms with E-state index in [1.807, 2.05) is 65.6 Å². The van der Waals surface area contributed by atoms with Gasteiger partial charge in [-0.3, -0.25) is 9.69 Å². The topological polar surface area (TPSA) is 131 Å². The zero-order valence-corrected chi connectivity index (χ0v) is 18.5. The lowest BCUT2D eigenvalue weighted by Gasteiger charge is -2.32. The van der Waals surface area contributed by atoms with Crippen LogP contribution in [0.2, 0.25) is 6.32 Å². The van der Waals surface area contributed by atoms with Crippen LogP contribution in [-0.4, -0.2) is 58.6 Å². The highest BCUT2D eigenvalue weighted by molar-refractivity contribution is 6.40. The van der Waals surface area contributed by atoms with Gasteiger partial charge in [-0.15, -0.1) is 0 Å². The largest absolute Gasteiger partial charge is 0.480 e. The monoisotopic (exact) mass is 442 g/mol. The molecule has 0 aliphatic carbocycles. The molecule has 0 aromatic heterocycles. The predicted molar refractivity (Wildman–Crippen MR) is 126 cm³/mol. The highest BCUT2D eigenvalue weighted by Gasteiger charge is 2.35. The number of hydrogen-bond acceptors (Lipinski definition) is 7. The molecule has 2 aromatic rings. The lowest BCUT2D eigenvalue weighted by Crippen LogP contribution is -2.58. The van der Waals surface area contributed by atoms with Crippen LogP contribution in [0.25, 0.3) is 0 Å². The molecule has 0 aliphatic rings. The van der Waals surface area contributed by atoms with E-state index in [4.69, 9.17) is 15.8 Å². The minimum atomic E-state index is -1.43. The number of rotatable bonds is 16. The third kappa shape index (κ3) is 9.91. The predicted octanol–water partition coefficient (Wildman–Crippen LogP) is 1.21. The molecule has 0 aliphatic heterocycles. The molecule has 174 valence electrons. The molecule has 1 unspecified atom stereocenters. The number of benzene rings is 2. The molecule has 0 amide bonds. The van der Waals surface area contributed by atoms with Crippen molar-refractivity contribution in [2.24, 2.45) is 5.73 Å². The summed E-state index contributed by atoms with van der Waals surface area (Å²) in [4.78, 5) is 13.9. The molecular weight excluding hydrogens is 407 g/mol. The maximum atomic E-state index is 12.0. The van der Waals surface area contributed by atoms with Crippen LogP contribution in [0.1, 0.15) is 30.4 Å². The SMILES string of the molecule is NC(CCCCB(O)O)(CN(CNCc1ccccc1)CNCc1ccccc1)C(=O)O. The summed E-state index contributed by atoms with van der Waals surface area (Å²) >= 11 is 0. The van der Waals surface area contributed by atoms with Gasteiger partial charge in [0.05, 0.1) is 0 Å². The Morgan fingerprint density at radius 1 is 0.906 bits per heavy atom. The molecule has 8 nitrogen and oxygen atoms in total. The highest BCUT2D eigenvalue weighted by atomic mass is 16.4. The molecule has 7 N–H and O–H groups in total. The smallest absolute Gasteiger partial charge is 0.451 e. The summed E-state index contributed by atoms with van der Waals surface area (Å²) in [6, 6.07) is 20.0. The van der Waals surface area contributed by atoms with Crippen molar-refractivity contribution < 1.29 is 19.9 Å². The number of carboxylic acids is 1. The summed E-state index contributed by atoms with van der Waals surface area (Å²) in [5, 5.41) is 34.5. The van der Waals surface area contributed by atoms with E-state index in [0.29, 0.717) is 39.3 Å². The van der Waals surface area contributed by atoms with Crippen LogP contribution in [0, 0.1) is 0 Å². The Kier molecular flexibility index (Phi) is 11.4. The van der Waals surface area contributed by atoms with Crippen molar-refractivity contribution in [3.63, 3.8) is 0 Å². The maximum Gasteiger partial charge on any atom is 0.451 e. The zero-order valence-electron chi connectivity index (χ0n) is 18.5. The van der Waals surface area contributed by atoms with Crippen LogP contribution in [-0.2, 0) is 17.9 Å². The van der Waals surface area contributed by atoms with Gasteiger partial charge in [0.15, 0.2) is 0 Å². The first-order valence-corrected chi connectivity index (χ1v) is 11.0. The molecular formula is C23H35BN4O4. The number of unbranched alkanes of at least 4 members (excludes halogenated alkanes) is 1. The van der Waals surface area contributed by atoms with Crippen molar-refractivity contribution >= 4 is 13.1 Å². The maximum absolute atomic E-state index is 12.0. The molecule has 9 heteroatoms. The molecule has 0 bridgehead atoms. The number of nitrogens with zero attached hydrogens (tertiary/aromatic N) is 1. The van der Waals surface area contributed by atoms with Crippen molar-refractivity contribution in [2.45, 2.75) is 44.2 Å². The normalized spacial score (nSPS) is 13.1. The van der Waals surface area contributed by atoms with Gasteiger partial charge in [-0.1, -0.05) is 73.5 Å². The molecule has 0 saturated heterocycles. The second-order valence-electron chi connectivity index (χ2n) is 8.16. The first-order valence-electron chi connectivity index (χ1n) is 11.0. The van der Waals surface area contributed by atoms with Gasteiger partial charge in [-0.25, -0.2) is 0 Å². The molecule has 0 heterocycles. The molecule has 32 heavy (non-hydrogen) atoms. The molecule has 1 atom stereocenters. The summed E-state index contributed by atoms with van der Waals surface area (Å²) in [6.07, 6.45) is 1.46. The average Bonchev–Trinajstić information content (AvgIpc) is 2.78. The summed E-state index contributed by atoms with van der Waals surface area (Å²) < 4.78 is 0. The summed E-state index contributed by atoms with van der Waals surface area (Å²) in [5.41, 5.74) is 7.16. The summed E-state index contributed by atoms with van der Waals surface area (Å²) in [7, 11) is -1.38. The second-order valence-corrected chi connectivity index (χ2v) is 8.16. The number of hydrogen-bond donors (Lipinski definition) is 6. The van der Waals surface area contributed by atoms with E-state index in [9.17, 15) is 9.90 Å². The van der Waals surface area contributed by atoms with E-state index in [2.05, 4.69) is 10.6 Å². The minimum absolute atomic E-state index is 0.160. The van der Waals surface area contributed by atoms with Gasteiger partial charge in [0.2, 0.25) is 0 Å². The lowest BCUT2D eigenvalue weighted by molar-refractivity contribution is -0.144. The number of carbonyl (C=O) groups is 1. The third-order valence-electron chi connectivity index (χ3n) is 5.28. The minimum Gasteiger partial charge on any atom is -0.480 e. The Morgan fingerprint density at radius 2 is 1.41 bits per heavy atom. The van der Waals surface area contributed by atoms with Gasteiger partial charge in [0.1, 0.15) is 5.54 Å². The van der Waals surface area contributed by atoms with Crippen molar-refractivity contribution in [1.29, 1.82) is 0 Å². The zero-order chi connectivity index (χ0) is 23.2. The molecule has 2 rings (SSSR count). The first kappa shape index (κ1) is 26.0. The van der Waals surface area contributed by atoms with Crippen LogP contribution in [0.5, 0.6) is 0 Å². The Balaban J connectivity index is 1.95. The third-order valence-corrected chi connectivity index (χ3v) is 5.28. The number of carboxylic acid groups (broad SMARTS) is 1. The van der Waals surface area contributed by atoms with E-state index < -0.39 is 18.6 Å². The lowest BCUT2D eigenvalue weighted by atomic mass is 9.82. The molecule has 2 aromatic carbocycles. The Morgan fingerprint density at radius 3 is 1.84 bits per heavy atom. The fourth-order valence-corrected chi connectivity index (χ4v) is 3.50. The Hall–Kier alpha value is -2.27. The van der Waals surface area contributed by atoms with E-state index in [-0.39, 0.29) is 19.3 Å². The van der Waals surface area contributed by atoms with E-state index in [1.54, 1.807) is 0 Å². The Bertz CT molecular complexity index is 737. The standard InChI is InChI=1S/C23H35BN4O4/c25-23(22(29)30,13-7-8-14-24(31)32)17-28(18-26-15-20-9-3-1-4-10-20)19-27-16-21-11-5-2-6-12-21/h1-6,9-12,26-27,31-32H,7-8,13-19,25H2,(H,29,30). The van der Waals surface area contributed by atoms with E-state index >= 15 is 0 Å². The molecule has 0 radical (unpaired) electrons. The van der Waals surface area contributed by atoms with E-state index in [0.717, 1.165) is 11.1 Å². The van der Waals surface area contributed by atoms with Crippen LogP contribution in [0.4, 0.5) is 0 Å². The summed E-state index contributed by atoms with van der Waals surface area (Å²) in [5.74, 6) is -1.06. The van der Waals surface area contributed by atoms with Gasteiger partial charge in [-0.2, -0.15) is 0 Å². The van der Waals surface area contributed by atoms with Crippen LogP contribution >= 0.6 is 0 Å². The molecule has 0 saturated carbocycles. The Labute approximate surface area is 190 Å². The van der Waals surface area contributed by atoms with Gasteiger partial charge in [0, 0.05) is 33.0 Å². The number of aliphatic carboxylic acids is 1. The van der Waals surface area contributed by atoms with Gasteiger partial charge < -0.3 is 31.5 Å². The van der Waals surface area contributed by atoms with Crippen LogP contribution in [0.15, 0.2) is 60.7 Å². The van der Waals surface area contributed by atoms with E-state index in [1.165, 1.54) is 0 Å². The highest BCUT2D eigenvalue weighted by Crippen LogP contribution is 2.16. The number of nitrogens with one attached hydrogen (secondary N) is 2. The molecule has 0 fully saturated rings. The van der Waals surface area contributed by atoms with Gasteiger partial charge in [0.25, 0.3) is 0 Å². The fraction of sp³-hybridized carbons (Fsp3) is 0.435. The first-order chi connectivity index (χ1) is 15.4. The fourth-order valence-electron chi connectivity index (χ4n) is 3.50. The quantitative estimate of drug-likeness (QED) is 0.130. The van der Waals surface area contributed by atoms with Crippen LogP contribution < -0.4 is 16.4 Å².